The molecular weight excluding hydrogens is 252 g/mol. The summed E-state index contributed by atoms with van der Waals surface area (Å²) in [5.74, 6) is 0.489. The van der Waals surface area contributed by atoms with Gasteiger partial charge < -0.3 is 15.8 Å². The second kappa shape index (κ2) is 7.99. The van der Waals surface area contributed by atoms with Crippen LogP contribution in [-0.2, 0) is 9.53 Å². The Labute approximate surface area is 122 Å². The van der Waals surface area contributed by atoms with Crippen LogP contribution >= 0.6 is 0 Å². The molecule has 0 spiro atoms. The Morgan fingerprint density at radius 3 is 2.50 bits per heavy atom. The quantitative estimate of drug-likeness (QED) is 0.761. The van der Waals surface area contributed by atoms with Gasteiger partial charge in [0.05, 0.1) is 6.10 Å². The number of hydrogen-bond donors (Lipinski definition) is 2. The standard InChI is InChI=1S/C16H30N2O2/c1-12(20-14-8-4-2-3-5-9-14)16(19)18-15-10-6-7-13(15)11-17/h12-15H,2-11,17H2,1H3,(H,18,19). The second-order valence-electron chi connectivity index (χ2n) is 6.43. The summed E-state index contributed by atoms with van der Waals surface area (Å²) < 4.78 is 5.97. The van der Waals surface area contributed by atoms with Crippen molar-refractivity contribution in [2.45, 2.75) is 83.0 Å². The Bertz CT molecular complexity index is 301. The summed E-state index contributed by atoms with van der Waals surface area (Å²) in [7, 11) is 0. The van der Waals surface area contributed by atoms with Gasteiger partial charge in [0.1, 0.15) is 6.10 Å². The molecule has 2 rings (SSSR count). The average Bonchev–Trinajstić information content (AvgIpc) is 2.73. The van der Waals surface area contributed by atoms with E-state index in [1.807, 2.05) is 6.92 Å². The predicted molar refractivity (Wildman–Crippen MR) is 80.4 cm³/mol. The van der Waals surface area contributed by atoms with E-state index >= 15 is 0 Å². The molecule has 0 radical (unpaired) electrons. The molecule has 2 aliphatic rings. The highest BCUT2D eigenvalue weighted by Gasteiger charge is 2.29. The lowest BCUT2D eigenvalue weighted by Crippen LogP contribution is -2.45. The number of carbonyl (C=O) groups is 1. The van der Waals surface area contributed by atoms with E-state index in [0.29, 0.717) is 12.5 Å². The van der Waals surface area contributed by atoms with Crippen LogP contribution in [-0.4, -0.2) is 30.7 Å². The maximum atomic E-state index is 12.2. The van der Waals surface area contributed by atoms with Crippen LogP contribution < -0.4 is 11.1 Å². The smallest absolute Gasteiger partial charge is 0.249 e. The maximum absolute atomic E-state index is 12.2. The molecule has 0 aliphatic heterocycles. The molecule has 0 aromatic rings. The van der Waals surface area contributed by atoms with Gasteiger partial charge in [0.25, 0.3) is 0 Å². The van der Waals surface area contributed by atoms with Gasteiger partial charge in [-0.2, -0.15) is 0 Å². The monoisotopic (exact) mass is 282 g/mol. The second-order valence-corrected chi connectivity index (χ2v) is 6.43. The normalized spacial score (nSPS) is 29.9. The number of nitrogens with one attached hydrogen (secondary N) is 1. The van der Waals surface area contributed by atoms with Gasteiger partial charge in [-0.3, -0.25) is 4.79 Å². The maximum Gasteiger partial charge on any atom is 0.249 e. The largest absolute Gasteiger partial charge is 0.365 e. The third-order valence-electron chi connectivity index (χ3n) is 4.86. The molecule has 0 aromatic heterocycles. The van der Waals surface area contributed by atoms with E-state index < -0.39 is 0 Å². The van der Waals surface area contributed by atoms with Crippen molar-refractivity contribution in [2.75, 3.05) is 6.54 Å². The fourth-order valence-corrected chi connectivity index (χ4v) is 3.54. The van der Waals surface area contributed by atoms with Gasteiger partial charge in [-0.15, -0.1) is 0 Å². The number of nitrogens with two attached hydrogens (primary N) is 1. The van der Waals surface area contributed by atoms with Crippen molar-refractivity contribution >= 4 is 5.91 Å². The lowest BCUT2D eigenvalue weighted by Gasteiger charge is -2.24. The van der Waals surface area contributed by atoms with Crippen LogP contribution in [0.2, 0.25) is 0 Å². The highest BCUT2D eigenvalue weighted by molar-refractivity contribution is 5.80. The van der Waals surface area contributed by atoms with Gasteiger partial charge in [0.2, 0.25) is 5.91 Å². The van der Waals surface area contributed by atoms with Gasteiger partial charge in [-0.25, -0.2) is 0 Å². The van der Waals surface area contributed by atoms with Crippen LogP contribution in [0.25, 0.3) is 0 Å². The first-order chi connectivity index (χ1) is 9.70. The molecule has 0 heterocycles. The molecule has 3 unspecified atom stereocenters. The number of amides is 1. The summed E-state index contributed by atoms with van der Waals surface area (Å²) in [4.78, 5) is 12.2. The van der Waals surface area contributed by atoms with Gasteiger partial charge >= 0.3 is 0 Å². The van der Waals surface area contributed by atoms with Gasteiger partial charge in [-0.1, -0.05) is 32.1 Å². The lowest BCUT2D eigenvalue weighted by molar-refractivity contribution is -0.136. The summed E-state index contributed by atoms with van der Waals surface area (Å²) >= 11 is 0. The number of hydrogen-bond acceptors (Lipinski definition) is 3. The van der Waals surface area contributed by atoms with E-state index in [9.17, 15) is 4.79 Å². The molecule has 116 valence electrons. The summed E-state index contributed by atoms with van der Waals surface area (Å²) in [5.41, 5.74) is 5.76. The van der Waals surface area contributed by atoms with Gasteiger partial charge in [0.15, 0.2) is 0 Å². The molecule has 20 heavy (non-hydrogen) atoms. The Morgan fingerprint density at radius 2 is 1.85 bits per heavy atom. The summed E-state index contributed by atoms with van der Waals surface area (Å²) in [6, 6.07) is 0.257. The van der Waals surface area contributed by atoms with Gasteiger partial charge in [0, 0.05) is 6.04 Å². The van der Waals surface area contributed by atoms with Crippen LogP contribution in [0.4, 0.5) is 0 Å². The minimum atomic E-state index is -0.336. The number of ether oxygens (including phenoxy) is 1. The van der Waals surface area contributed by atoms with E-state index in [0.717, 1.165) is 25.7 Å². The molecule has 1 amide bonds. The fraction of sp³-hybridized carbons (Fsp3) is 0.938. The highest BCUT2D eigenvalue weighted by atomic mass is 16.5. The Balaban J connectivity index is 1.76. The third kappa shape index (κ3) is 4.45. The van der Waals surface area contributed by atoms with Crippen LogP contribution in [0.1, 0.15) is 64.7 Å². The van der Waals surface area contributed by atoms with E-state index in [2.05, 4.69) is 5.32 Å². The van der Waals surface area contributed by atoms with Gasteiger partial charge in [-0.05, 0) is 45.1 Å². The topological polar surface area (TPSA) is 64.3 Å². The molecule has 3 N–H and O–H groups in total. The molecule has 0 saturated heterocycles. The molecule has 3 atom stereocenters. The molecule has 2 aliphatic carbocycles. The van der Waals surface area contributed by atoms with Crippen LogP contribution in [0.3, 0.4) is 0 Å². The third-order valence-corrected chi connectivity index (χ3v) is 4.86. The van der Waals surface area contributed by atoms with E-state index in [4.69, 9.17) is 10.5 Å². The summed E-state index contributed by atoms with van der Waals surface area (Å²) in [6.45, 7) is 2.55. The number of carbonyl (C=O) groups excluding carboxylic acids is 1. The molecule has 2 saturated carbocycles. The van der Waals surface area contributed by atoms with E-state index in [1.165, 1.54) is 32.1 Å². The minimum absolute atomic E-state index is 0.0413. The Hall–Kier alpha value is -0.610. The molecule has 4 nitrogen and oxygen atoms in total. The highest BCUT2D eigenvalue weighted by Crippen LogP contribution is 2.25. The molecule has 0 aromatic carbocycles. The fourth-order valence-electron chi connectivity index (χ4n) is 3.54. The first-order valence-corrected chi connectivity index (χ1v) is 8.36. The zero-order valence-corrected chi connectivity index (χ0v) is 12.8. The van der Waals surface area contributed by atoms with Crippen LogP contribution in [0, 0.1) is 5.92 Å². The number of rotatable bonds is 5. The van der Waals surface area contributed by atoms with Crippen molar-refractivity contribution < 1.29 is 9.53 Å². The minimum Gasteiger partial charge on any atom is -0.365 e. The van der Waals surface area contributed by atoms with E-state index in [1.54, 1.807) is 0 Å². The Morgan fingerprint density at radius 1 is 1.15 bits per heavy atom. The molecule has 0 bridgehead atoms. The Kier molecular flexibility index (Phi) is 6.30. The molecule has 2 fully saturated rings. The van der Waals surface area contributed by atoms with Crippen LogP contribution in [0.5, 0.6) is 0 Å². The zero-order valence-electron chi connectivity index (χ0n) is 12.8. The summed E-state index contributed by atoms with van der Waals surface area (Å²) in [5, 5.41) is 3.14. The van der Waals surface area contributed by atoms with E-state index in [-0.39, 0.29) is 24.2 Å². The summed E-state index contributed by atoms with van der Waals surface area (Å²) in [6.07, 6.45) is 10.6. The zero-order chi connectivity index (χ0) is 14.4. The molecular formula is C16H30N2O2. The van der Waals surface area contributed by atoms with Crippen molar-refractivity contribution in [2.24, 2.45) is 11.7 Å². The van der Waals surface area contributed by atoms with Crippen molar-refractivity contribution in [1.82, 2.24) is 5.32 Å². The SMILES string of the molecule is CC(OC1CCCCCC1)C(=O)NC1CCCC1CN. The van der Waals surface area contributed by atoms with Crippen LogP contribution in [0.15, 0.2) is 0 Å². The first-order valence-electron chi connectivity index (χ1n) is 8.36. The first kappa shape index (κ1) is 15.8. The van der Waals surface area contributed by atoms with Crippen molar-refractivity contribution in [3.8, 4) is 0 Å². The van der Waals surface area contributed by atoms with Crippen molar-refractivity contribution in [3.63, 3.8) is 0 Å². The molecule has 4 heteroatoms. The predicted octanol–water partition coefficient (Wildman–Crippen LogP) is 2.36. The average molecular weight is 282 g/mol. The lowest BCUT2D eigenvalue weighted by atomic mass is 10.0. The van der Waals surface area contributed by atoms with Crippen molar-refractivity contribution in [3.05, 3.63) is 0 Å². The van der Waals surface area contributed by atoms with Crippen molar-refractivity contribution in [1.29, 1.82) is 0 Å².